The molecule has 0 unspecified atom stereocenters. The van der Waals surface area contributed by atoms with E-state index in [1.807, 2.05) is 0 Å². The van der Waals surface area contributed by atoms with Gasteiger partial charge in [0.1, 0.15) is 0 Å². The number of benzene rings is 2. The van der Waals surface area contributed by atoms with E-state index in [1.54, 1.807) is 0 Å². The molecule has 0 bridgehead atoms. The summed E-state index contributed by atoms with van der Waals surface area (Å²) < 4.78 is 42.5. The van der Waals surface area contributed by atoms with Crippen LogP contribution in [-0.2, 0) is 15.7 Å². The molecule has 0 aliphatic heterocycles. The van der Waals surface area contributed by atoms with Crippen molar-refractivity contribution in [3.05, 3.63) is 59.7 Å². The van der Waals surface area contributed by atoms with Crippen molar-refractivity contribution in [1.82, 2.24) is 0 Å². The standard InChI is InChI=1S/C17H15F3N2O3/c1-10(25-16(24)11-2-6-13(21)7-3-11)15(23)22-14-8-4-12(5-9-14)17(18,19)20/h2-10H,21H2,1H3,(H,22,23)/t10-/m0/s1. The Morgan fingerprint density at radius 3 is 2.12 bits per heavy atom. The van der Waals surface area contributed by atoms with Crippen LogP contribution in [-0.4, -0.2) is 18.0 Å². The van der Waals surface area contributed by atoms with Crippen molar-refractivity contribution in [3.8, 4) is 0 Å². The van der Waals surface area contributed by atoms with E-state index in [0.717, 1.165) is 24.3 Å². The second-order valence-corrected chi connectivity index (χ2v) is 5.23. The molecule has 25 heavy (non-hydrogen) atoms. The van der Waals surface area contributed by atoms with Gasteiger partial charge in [0.2, 0.25) is 0 Å². The highest BCUT2D eigenvalue weighted by Gasteiger charge is 2.30. The molecule has 2 aromatic carbocycles. The van der Waals surface area contributed by atoms with Crippen LogP contribution in [0.2, 0.25) is 0 Å². The largest absolute Gasteiger partial charge is 0.449 e. The number of carbonyl (C=O) groups excluding carboxylic acids is 2. The van der Waals surface area contributed by atoms with E-state index < -0.39 is 29.7 Å². The number of nitrogens with one attached hydrogen (secondary N) is 1. The fourth-order valence-electron chi connectivity index (χ4n) is 1.89. The van der Waals surface area contributed by atoms with Crippen LogP contribution < -0.4 is 11.1 Å². The fraction of sp³-hybridized carbons (Fsp3) is 0.176. The van der Waals surface area contributed by atoms with E-state index in [1.165, 1.54) is 31.2 Å². The average molecular weight is 352 g/mol. The molecule has 0 spiro atoms. The molecule has 0 fully saturated rings. The van der Waals surface area contributed by atoms with Crippen LogP contribution >= 0.6 is 0 Å². The molecule has 1 atom stereocenters. The van der Waals surface area contributed by atoms with Crippen LogP contribution in [0, 0.1) is 0 Å². The van der Waals surface area contributed by atoms with Crippen LogP contribution in [0.15, 0.2) is 48.5 Å². The minimum absolute atomic E-state index is 0.161. The van der Waals surface area contributed by atoms with Crippen molar-refractivity contribution in [2.45, 2.75) is 19.2 Å². The third kappa shape index (κ3) is 4.97. The van der Waals surface area contributed by atoms with Gasteiger partial charge in [-0.2, -0.15) is 13.2 Å². The summed E-state index contributed by atoms with van der Waals surface area (Å²) in [5, 5.41) is 2.38. The van der Waals surface area contributed by atoms with Gasteiger partial charge in [0, 0.05) is 11.4 Å². The second kappa shape index (κ2) is 7.25. The fourth-order valence-corrected chi connectivity index (χ4v) is 1.89. The number of hydrogen-bond acceptors (Lipinski definition) is 4. The zero-order valence-electron chi connectivity index (χ0n) is 13.1. The quantitative estimate of drug-likeness (QED) is 0.652. The molecule has 0 aliphatic carbocycles. The summed E-state index contributed by atoms with van der Waals surface area (Å²) >= 11 is 0. The molecule has 2 aromatic rings. The molecule has 132 valence electrons. The van der Waals surface area contributed by atoms with E-state index >= 15 is 0 Å². The number of alkyl halides is 3. The van der Waals surface area contributed by atoms with Gasteiger partial charge in [-0.1, -0.05) is 0 Å². The Morgan fingerprint density at radius 1 is 1.04 bits per heavy atom. The Hall–Kier alpha value is -3.03. The van der Waals surface area contributed by atoms with Gasteiger partial charge in [-0.15, -0.1) is 0 Å². The van der Waals surface area contributed by atoms with Gasteiger partial charge in [0.25, 0.3) is 5.91 Å². The number of rotatable bonds is 4. The van der Waals surface area contributed by atoms with Gasteiger partial charge in [-0.25, -0.2) is 4.79 Å². The van der Waals surface area contributed by atoms with Gasteiger partial charge in [-0.05, 0) is 55.5 Å². The van der Waals surface area contributed by atoms with E-state index in [0.29, 0.717) is 5.69 Å². The van der Waals surface area contributed by atoms with Crippen molar-refractivity contribution < 1.29 is 27.5 Å². The zero-order chi connectivity index (χ0) is 18.6. The van der Waals surface area contributed by atoms with Crippen LogP contribution in [0.5, 0.6) is 0 Å². The van der Waals surface area contributed by atoms with Crippen molar-refractivity contribution in [2.24, 2.45) is 0 Å². The highest BCUT2D eigenvalue weighted by Crippen LogP contribution is 2.29. The van der Waals surface area contributed by atoms with E-state index in [4.69, 9.17) is 10.5 Å². The lowest BCUT2D eigenvalue weighted by Crippen LogP contribution is -2.30. The summed E-state index contributed by atoms with van der Waals surface area (Å²) in [7, 11) is 0. The molecular weight excluding hydrogens is 337 g/mol. The third-order valence-electron chi connectivity index (χ3n) is 3.28. The number of anilines is 2. The maximum atomic E-state index is 12.5. The maximum absolute atomic E-state index is 12.5. The van der Waals surface area contributed by atoms with Crippen LogP contribution in [0.3, 0.4) is 0 Å². The Morgan fingerprint density at radius 2 is 1.60 bits per heavy atom. The molecular formula is C17H15F3N2O3. The number of hydrogen-bond donors (Lipinski definition) is 2. The first-order chi connectivity index (χ1) is 11.7. The predicted molar refractivity (Wildman–Crippen MR) is 85.8 cm³/mol. The summed E-state index contributed by atoms with van der Waals surface area (Å²) in [6.07, 6.45) is -5.59. The van der Waals surface area contributed by atoms with Gasteiger partial charge in [0.15, 0.2) is 6.10 Å². The minimum Gasteiger partial charge on any atom is -0.449 e. The maximum Gasteiger partial charge on any atom is 0.416 e. The summed E-state index contributed by atoms with van der Waals surface area (Å²) in [4.78, 5) is 23.9. The Kier molecular flexibility index (Phi) is 5.31. The number of nitrogens with two attached hydrogens (primary N) is 1. The monoisotopic (exact) mass is 352 g/mol. The van der Waals surface area contributed by atoms with Gasteiger partial charge in [0.05, 0.1) is 11.1 Å². The van der Waals surface area contributed by atoms with E-state index in [9.17, 15) is 22.8 Å². The molecule has 0 heterocycles. The normalized spacial score (nSPS) is 12.3. The molecule has 0 saturated carbocycles. The number of nitrogen functional groups attached to an aromatic ring is 1. The van der Waals surface area contributed by atoms with Gasteiger partial charge in [-0.3, -0.25) is 4.79 Å². The lowest BCUT2D eigenvalue weighted by Gasteiger charge is -2.14. The molecule has 0 saturated heterocycles. The third-order valence-corrected chi connectivity index (χ3v) is 3.28. The Bertz CT molecular complexity index is 756. The van der Waals surface area contributed by atoms with Gasteiger partial charge >= 0.3 is 12.1 Å². The van der Waals surface area contributed by atoms with E-state index in [-0.39, 0.29) is 11.3 Å². The summed E-state index contributed by atoms with van der Waals surface area (Å²) in [6, 6.07) is 9.88. The minimum atomic E-state index is -4.45. The zero-order valence-corrected chi connectivity index (χ0v) is 13.1. The topological polar surface area (TPSA) is 81.4 Å². The van der Waals surface area contributed by atoms with E-state index in [2.05, 4.69) is 5.32 Å². The Balaban J connectivity index is 1.95. The number of carbonyl (C=O) groups is 2. The summed E-state index contributed by atoms with van der Waals surface area (Å²) in [6.45, 7) is 1.36. The Labute approximate surface area is 141 Å². The molecule has 0 aliphatic rings. The first-order valence-corrected chi connectivity index (χ1v) is 7.21. The number of halogens is 3. The first-order valence-electron chi connectivity index (χ1n) is 7.21. The second-order valence-electron chi connectivity index (χ2n) is 5.23. The molecule has 5 nitrogen and oxygen atoms in total. The van der Waals surface area contributed by atoms with Gasteiger partial charge < -0.3 is 15.8 Å². The molecule has 3 N–H and O–H groups in total. The van der Waals surface area contributed by atoms with Crippen molar-refractivity contribution in [3.63, 3.8) is 0 Å². The van der Waals surface area contributed by atoms with Crippen LogP contribution in [0.1, 0.15) is 22.8 Å². The number of esters is 1. The van der Waals surface area contributed by atoms with Crippen LogP contribution in [0.4, 0.5) is 24.5 Å². The average Bonchev–Trinajstić information content (AvgIpc) is 2.55. The lowest BCUT2D eigenvalue weighted by molar-refractivity contribution is -0.137. The van der Waals surface area contributed by atoms with Crippen LogP contribution in [0.25, 0.3) is 0 Å². The SMILES string of the molecule is C[C@H](OC(=O)c1ccc(N)cc1)C(=O)Nc1ccc(C(F)(F)F)cc1. The molecule has 2 rings (SSSR count). The number of ether oxygens (including phenoxy) is 1. The summed E-state index contributed by atoms with van der Waals surface area (Å²) in [5.41, 5.74) is 5.55. The molecule has 0 radical (unpaired) electrons. The van der Waals surface area contributed by atoms with Crippen molar-refractivity contribution >= 4 is 23.3 Å². The molecule has 0 aromatic heterocycles. The highest BCUT2D eigenvalue weighted by atomic mass is 19.4. The number of amides is 1. The first kappa shape index (κ1) is 18.3. The van der Waals surface area contributed by atoms with Crippen molar-refractivity contribution in [2.75, 3.05) is 11.1 Å². The van der Waals surface area contributed by atoms with Crippen molar-refractivity contribution in [1.29, 1.82) is 0 Å². The molecule has 8 heteroatoms. The predicted octanol–water partition coefficient (Wildman–Crippen LogP) is 3.47. The lowest BCUT2D eigenvalue weighted by atomic mass is 10.2. The smallest absolute Gasteiger partial charge is 0.416 e. The highest BCUT2D eigenvalue weighted by molar-refractivity contribution is 5.97. The molecule has 1 amide bonds. The summed E-state index contributed by atoms with van der Waals surface area (Å²) in [5.74, 6) is -1.38.